The molecule has 3 rings (SSSR count). The molecule has 0 atom stereocenters. The van der Waals surface area contributed by atoms with Gasteiger partial charge in [0.25, 0.3) is 0 Å². The van der Waals surface area contributed by atoms with Gasteiger partial charge in [0.15, 0.2) is 5.82 Å². The second-order valence-corrected chi connectivity index (χ2v) is 6.55. The van der Waals surface area contributed by atoms with Crippen LogP contribution < -0.4 is 5.32 Å². The molecule has 3 nitrogen and oxygen atoms in total. The Labute approximate surface area is 140 Å². The maximum absolute atomic E-state index is 6.09. The topological polar surface area (TPSA) is 37.8 Å². The van der Waals surface area contributed by atoms with E-state index in [2.05, 4.69) is 31.2 Å². The van der Waals surface area contributed by atoms with Crippen molar-refractivity contribution in [3.63, 3.8) is 0 Å². The quantitative estimate of drug-likeness (QED) is 0.629. The van der Waals surface area contributed by atoms with Gasteiger partial charge in [-0.3, -0.25) is 0 Å². The molecule has 0 aliphatic heterocycles. The number of thiophene rings is 1. The number of rotatable bonds is 4. The molecular weight excluding hydrogens is 370 g/mol. The third kappa shape index (κ3) is 3.61. The highest BCUT2D eigenvalue weighted by molar-refractivity contribution is 9.10. The first kappa shape index (κ1) is 14.5. The Hall–Kier alpha value is -1.43. The zero-order valence-electron chi connectivity index (χ0n) is 10.9. The number of halogens is 2. The van der Waals surface area contributed by atoms with Gasteiger partial charge in [-0.2, -0.15) is 0 Å². The van der Waals surface area contributed by atoms with Crippen LogP contribution in [-0.4, -0.2) is 9.97 Å². The van der Waals surface area contributed by atoms with Crippen LogP contribution >= 0.6 is 38.9 Å². The van der Waals surface area contributed by atoms with Crippen molar-refractivity contribution >= 4 is 44.7 Å². The Morgan fingerprint density at radius 3 is 2.67 bits per heavy atom. The van der Waals surface area contributed by atoms with Gasteiger partial charge >= 0.3 is 0 Å². The Balaban J connectivity index is 1.83. The molecule has 2 heterocycles. The average Bonchev–Trinajstić information content (AvgIpc) is 2.91. The van der Waals surface area contributed by atoms with Crippen molar-refractivity contribution in [2.24, 2.45) is 0 Å². The SMILES string of the molecule is Clc1cc(NCc2sccc2Br)nc(-c2ccccc2)n1. The minimum atomic E-state index is 0.427. The fourth-order valence-electron chi connectivity index (χ4n) is 1.85. The van der Waals surface area contributed by atoms with Crippen LogP contribution in [0.3, 0.4) is 0 Å². The van der Waals surface area contributed by atoms with Crippen LogP contribution in [0.2, 0.25) is 5.15 Å². The molecule has 0 saturated heterocycles. The number of aromatic nitrogens is 2. The van der Waals surface area contributed by atoms with Crippen molar-refractivity contribution in [1.29, 1.82) is 0 Å². The van der Waals surface area contributed by atoms with Gasteiger partial charge in [-0.1, -0.05) is 41.9 Å². The average molecular weight is 381 g/mol. The lowest BCUT2D eigenvalue weighted by Gasteiger charge is -2.07. The molecule has 0 bridgehead atoms. The van der Waals surface area contributed by atoms with E-state index in [9.17, 15) is 0 Å². The molecular formula is C15H11BrClN3S. The molecule has 0 amide bonds. The largest absolute Gasteiger partial charge is 0.365 e. The van der Waals surface area contributed by atoms with E-state index < -0.39 is 0 Å². The standard InChI is InChI=1S/C15H11BrClN3S/c16-11-6-7-21-12(11)9-18-14-8-13(17)19-15(20-14)10-4-2-1-3-5-10/h1-8H,9H2,(H,18,19,20). The van der Waals surface area contributed by atoms with Crippen LogP contribution in [-0.2, 0) is 6.54 Å². The van der Waals surface area contributed by atoms with Crippen LogP contribution in [0.1, 0.15) is 4.88 Å². The zero-order chi connectivity index (χ0) is 14.7. The predicted octanol–water partition coefficient (Wildman–Crippen LogP) is 5.23. The zero-order valence-corrected chi connectivity index (χ0v) is 14.0. The van der Waals surface area contributed by atoms with Crippen molar-refractivity contribution in [3.8, 4) is 11.4 Å². The number of anilines is 1. The fraction of sp³-hybridized carbons (Fsp3) is 0.0667. The Kier molecular flexibility index (Phi) is 4.53. The van der Waals surface area contributed by atoms with Gasteiger partial charge in [-0.05, 0) is 27.4 Å². The van der Waals surface area contributed by atoms with Gasteiger partial charge in [0.05, 0.1) is 6.54 Å². The van der Waals surface area contributed by atoms with Crippen LogP contribution in [0.5, 0.6) is 0 Å². The minimum absolute atomic E-state index is 0.427. The minimum Gasteiger partial charge on any atom is -0.365 e. The van der Waals surface area contributed by atoms with Crippen molar-refractivity contribution in [2.45, 2.75) is 6.54 Å². The summed E-state index contributed by atoms with van der Waals surface area (Å²) in [6.45, 7) is 0.694. The lowest BCUT2D eigenvalue weighted by Crippen LogP contribution is -2.02. The molecule has 0 fully saturated rings. The lowest BCUT2D eigenvalue weighted by molar-refractivity contribution is 1.10. The lowest BCUT2D eigenvalue weighted by atomic mass is 10.2. The molecule has 0 unspecified atom stereocenters. The molecule has 3 aromatic rings. The molecule has 1 N–H and O–H groups in total. The maximum atomic E-state index is 6.09. The van der Waals surface area contributed by atoms with Gasteiger partial charge in [0, 0.05) is 21.0 Å². The molecule has 21 heavy (non-hydrogen) atoms. The molecule has 1 aromatic carbocycles. The van der Waals surface area contributed by atoms with E-state index in [1.807, 2.05) is 41.8 Å². The molecule has 0 aliphatic rings. The van der Waals surface area contributed by atoms with Crippen LogP contribution in [0.25, 0.3) is 11.4 Å². The summed E-state index contributed by atoms with van der Waals surface area (Å²) in [7, 11) is 0. The normalized spacial score (nSPS) is 10.6. The number of nitrogens with one attached hydrogen (secondary N) is 1. The molecule has 106 valence electrons. The first-order valence-electron chi connectivity index (χ1n) is 6.28. The Bertz CT molecular complexity index is 746. The van der Waals surface area contributed by atoms with Crippen molar-refractivity contribution < 1.29 is 0 Å². The monoisotopic (exact) mass is 379 g/mol. The van der Waals surface area contributed by atoms with E-state index in [4.69, 9.17) is 11.6 Å². The molecule has 0 saturated carbocycles. The van der Waals surface area contributed by atoms with E-state index in [1.165, 1.54) is 4.88 Å². The van der Waals surface area contributed by atoms with Crippen molar-refractivity contribution in [3.05, 3.63) is 62.3 Å². The summed E-state index contributed by atoms with van der Waals surface area (Å²) in [5.41, 5.74) is 0.945. The maximum Gasteiger partial charge on any atom is 0.163 e. The molecule has 2 aromatic heterocycles. The molecule has 0 radical (unpaired) electrons. The van der Waals surface area contributed by atoms with Gasteiger partial charge in [-0.25, -0.2) is 9.97 Å². The second-order valence-electron chi connectivity index (χ2n) is 4.31. The van der Waals surface area contributed by atoms with E-state index in [0.717, 1.165) is 10.0 Å². The third-order valence-corrected chi connectivity index (χ3v) is 4.97. The highest BCUT2D eigenvalue weighted by atomic mass is 79.9. The first-order chi connectivity index (χ1) is 10.2. The number of benzene rings is 1. The summed E-state index contributed by atoms with van der Waals surface area (Å²) in [6, 6.07) is 13.6. The van der Waals surface area contributed by atoms with Crippen LogP contribution in [0.4, 0.5) is 5.82 Å². The summed E-state index contributed by atoms with van der Waals surface area (Å²) in [6.07, 6.45) is 0. The van der Waals surface area contributed by atoms with Crippen molar-refractivity contribution in [1.82, 2.24) is 9.97 Å². The smallest absolute Gasteiger partial charge is 0.163 e. The summed E-state index contributed by atoms with van der Waals surface area (Å²) < 4.78 is 1.10. The van der Waals surface area contributed by atoms with Gasteiger partial charge < -0.3 is 5.32 Å². The third-order valence-electron chi connectivity index (χ3n) is 2.85. The molecule has 0 aliphatic carbocycles. The number of hydrogen-bond donors (Lipinski definition) is 1. The van der Waals surface area contributed by atoms with E-state index >= 15 is 0 Å². The summed E-state index contributed by atoms with van der Waals surface area (Å²) in [5, 5.41) is 5.76. The van der Waals surface area contributed by atoms with E-state index in [1.54, 1.807) is 17.4 Å². The van der Waals surface area contributed by atoms with Crippen molar-refractivity contribution in [2.75, 3.05) is 5.32 Å². The van der Waals surface area contributed by atoms with E-state index in [-0.39, 0.29) is 0 Å². The highest BCUT2D eigenvalue weighted by Crippen LogP contribution is 2.24. The molecule has 6 heteroatoms. The number of hydrogen-bond acceptors (Lipinski definition) is 4. The molecule has 0 spiro atoms. The Morgan fingerprint density at radius 1 is 1.14 bits per heavy atom. The summed E-state index contributed by atoms with van der Waals surface area (Å²) in [4.78, 5) is 10.0. The van der Waals surface area contributed by atoms with Gasteiger partial charge in [0.2, 0.25) is 0 Å². The fourth-order valence-corrected chi connectivity index (χ4v) is 3.46. The first-order valence-corrected chi connectivity index (χ1v) is 8.33. The van der Waals surface area contributed by atoms with Crippen LogP contribution in [0.15, 0.2) is 52.3 Å². The van der Waals surface area contributed by atoms with E-state index in [0.29, 0.717) is 23.3 Å². The predicted molar refractivity (Wildman–Crippen MR) is 91.8 cm³/mol. The van der Waals surface area contributed by atoms with Gasteiger partial charge in [-0.15, -0.1) is 11.3 Å². The summed E-state index contributed by atoms with van der Waals surface area (Å²) >= 11 is 11.3. The number of nitrogens with zero attached hydrogens (tertiary/aromatic N) is 2. The Morgan fingerprint density at radius 2 is 1.95 bits per heavy atom. The summed E-state index contributed by atoms with van der Waals surface area (Å²) in [5.74, 6) is 1.34. The second kappa shape index (κ2) is 6.56. The van der Waals surface area contributed by atoms with Crippen LogP contribution in [0, 0.1) is 0 Å². The highest BCUT2D eigenvalue weighted by Gasteiger charge is 2.07. The van der Waals surface area contributed by atoms with Gasteiger partial charge in [0.1, 0.15) is 11.0 Å².